The smallest absolute Gasteiger partial charge is 0.167 e. The molecule has 0 aliphatic heterocycles. The Labute approximate surface area is 369 Å². The zero-order valence-electron chi connectivity index (χ0n) is 35.0. The lowest BCUT2D eigenvalue weighted by Gasteiger charge is -2.09. The summed E-state index contributed by atoms with van der Waals surface area (Å²) < 4.78 is 11.8. The highest BCUT2D eigenvalue weighted by atomic mass is 16.3. The molecule has 0 amide bonds. The second kappa shape index (κ2) is 15.1. The van der Waals surface area contributed by atoms with Crippen molar-refractivity contribution in [2.45, 2.75) is 6.92 Å². The van der Waals surface area contributed by atoms with E-state index in [-0.39, 0.29) is 0 Å². The van der Waals surface area contributed by atoms with Crippen LogP contribution >= 0.6 is 0 Å². The number of hydrogen-bond donors (Lipinski definition) is 0. The maximum atomic E-state index is 7.02. The molecule has 6 nitrogen and oxygen atoms in total. The van der Waals surface area contributed by atoms with Crippen molar-refractivity contribution in [2.75, 3.05) is 0 Å². The molecule has 0 fully saturated rings. The van der Waals surface area contributed by atoms with Crippen molar-refractivity contribution < 1.29 is 4.42 Å². The van der Waals surface area contributed by atoms with Gasteiger partial charge in [0.1, 0.15) is 11.2 Å². The molecule has 0 spiro atoms. The molecule has 12 aromatic rings. The Hall–Kier alpha value is -8.61. The molecule has 0 aliphatic carbocycles. The number of rotatable bonds is 8. The first-order valence-electron chi connectivity index (χ1n) is 21.5. The SMILES string of the molecule is C=C(/C=C\C=C/C)c1nc(-c2ccccc2)nc(-c2cccc3c2oc2c(-c4ccc5c(c4)c4cc6c(cc4n5-c4ccccc4)c4ccccc4n6-c4ccccc4)cccc23)n1. The van der Waals surface area contributed by atoms with Crippen molar-refractivity contribution in [3.05, 3.63) is 219 Å². The molecule has 0 radical (unpaired) electrons. The minimum absolute atomic E-state index is 0.503. The van der Waals surface area contributed by atoms with Crippen molar-refractivity contribution in [1.82, 2.24) is 24.1 Å². The monoisotopic (exact) mass is 821 g/mol. The Kier molecular flexibility index (Phi) is 8.76. The summed E-state index contributed by atoms with van der Waals surface area (Å²) in [6, 6.07) is 64.2. The van der Waals surface area contributed by atoms with Gasteiger partial charge in [-0.25, -0.2) is 15.0 Å². The second-order valence-corrected chi connectivity index (χ2v) is 16.0. The van der Waals surface area contributed by atoms with Gasteiger partial charge in [-0.2, -0.15) is 0 Å². The van der Waals surface area contributed by atoms with E-state index >= 15 is 0 Å². The van der Waals surface area contributed by atoms with Crippen molar-refractivity contribution in [2.24, 2.45) is 0 Å². The van der Waals surface area contributed by atoms with E-state index in [9.17, 15) is 0 Å². The van der Waals surface area contributed by atoms with Crippen LogP contribution in [-0.4, -0.2) is 24.1 Å². The number of allylic oxidation sites excluding steroid dienone is 5. The lowest BCUT2D eigenvalue weighted by atomic mass is 9.99. The fraction of sp³-hybridized carbons (Fsp3) is 0.0172. The summed E-state index contributed by atoms with van der Waals surface area (Å²) >= 11 is 0. The van der Waals surface area contributed by atoms with Crippen molar-refractivity contribution in [1.29, 1.82) is 0 Å². The Balaban J connectivity index is 1.07. The zero-order valence-corrected chi connectivity index (χ0v) is 35.0. The quantitative estimate of drug-likeness (QED) is 0.143. The normalized spacial score (nSPS) is 12.1. The van der Waals surface area contributed by atoms with Gasteiger partial charge >= 0.3 is 0 Å². The molecule has 0 saturated heterocycles. The van der Waals surface area contributed by atoms with Crippen LogP contribution in [0.2, 0.25) is 0 Å². The van der Waals surface area contributed by atoms with Crippen LogP contribution in [0.25, 0.3) is 116 Å². The maximum Gasteiger partial charge on any atom is 0.167 e. The number of furan rings is 1. The molecule has 0 N–H and O–H groups in total. The van der Waals surface area contributed by atoms with Gasteiger partial charge in [0, 0.05) is 60.4 Å². The molecular weight excluding hydrogens is 783 g/mol. The highest BCUT2D eigenvalue weighted by Crippen LogP contribution is 2.43. The van der Waals surface area contributed by atoms with Gasteiger partial charge in [-0.1, -0.05) is 152 Å². The van der Waals surface area contributed by atoms with E-state index in [1.807, 2.05) is 73.7 Å². The van der Waals surface area contributed by atoms with Crippen LogP contribution in [0.4, 0.5) is 0 Å². The standard InChI is InChI=1S/C58H39N5O/c1-3-4-8-19-37(2)56-59-57(38-20-9-5-10-21-38)61-58(60-56)46-30-18-29-45-44-28-17-27-42(54(44)64-55(45)46)39-32-33-51-47(34-39)49-36-52-48(35-53(49)63(51)41-24-13-7-14-25-41)43-26-15-16-31-50(43)62(52)40-22-11-6-12-23-40/h3-36H,2H2,1H3/b4-3-,19-8-. The lowest BCUT2D eigenvalue weighted by molar-refractivity contribution is 0.670. The number of benzene rings is 8. The molecule has 6 heteroatoms. The average molecular weight is 822 g/mol. The first-order valence-corrected chi connectivity index (χ1v) is 21.5. The van der Waals surface area contributed by atoms with Gasteiger partial charge in [-0.05, 0) is 73.2 Å². The van der Waals surface area contributed by atoms with Crippen LogP contribution in [0.5, 0.6) is 0 Å². The Morgan fingerprint density at radius 1 is 0.453 bits per heavy atom. The molecule has 12 rings (SSSR count). The second-order valence-electron chi connectivity index (χ2n) is 16.0. The fourth-order valence-electron chi connectivity index (χ4n) is 9.30. The topological polar surface area (TPSA) is 61.7 Å². The van der Waals surface area contributed by atoms with Crippen molar-refractivity contribution >= 4 is 71.1 Å². The molecular formula is C58H39N5O. The van der Waals surface area contributed by atoms with Gasteiger partial charge in [-0.3, -0.25) is 0 Å². The summed E-state index contributed by atoms with van der Waals surface area (Å²) in [6.07, 6.45) is 7.79. The predicted octanol–water partition coefficient (Wildman–Crippen LogP) is 15.1. The van der Waals surface area contributed by atoms with Gasteiger partial charge in [0.05, 0.1) is 27.6 Å². The molecule has 0 atom stereocenters. The Bertz CT molecular complexity index is 3850. The number of hydrogen-bond acceptors (Lipinski definition) is 4. The third kappa shape index (κ3) is 5.99. The summed E-state index contributed by atoms with van der Waals surface area (Å²) in [5, 5.41) is 6.78. The van der Waals surface area contributed by atoms with Crippen LogP contribution in [0, 0.1) is 0 Å². The van der Waals surface area contributed by atoms with Crippen LogP contribution in [0.1, 0.15) is 12.7 Å². The molecule has 0 aliphatic rings. The van der Waals surface area contributed by atoms with Crippen molar-refractivity contribution in [3.63, 3.8) is 0 Å². The van der Waals surface area contributed by atoms with Crippen LogP contribution in [0.15, 0.2) is 217 Å². The fourth-order valence-corrected chi connectivity index (χ4v) is 9.30. The van der Waals surface area contributed by atoms with E-state index < -0.39 is 0 Å². The summed E-state index contributed by atoms with van der Waals surface area (Å²) in [5.41, 5.74) is 12.8. The summed E-state index contributed by atoms with van der Waals surface area (Å²) in [5.74, 6) is 1.59. The molecule has 64 heavy (non-hydrogen) atoms. The van der Waals surface area contributed by atoms with E-state index in [2.05, 4.69) is 155 Å². The number of fused-ring (bicyclic) bond motifs is 9. The van der Waals surface area contributed by atoms with Crippen LogP contribution in [-0.2, 0) is 0 Å². The number of aromatic nitrogens is 5. The number of nitrogens with zero attached hydrogens (tertiary/aromatic N) is 5. The zero-order chi connectivity index (χ0) is 42.7. The van der Waals surface area contributed by atoms with Crippen LogP contribution < -0.4 is 0 Å². The van der Waals surface area contributed by atoms with E-state index in [0.29, 0.717) is 28.6 Å². The molecule has 4 heterocycles. The van der Waals surface area contributed by atoms with E-state index in [4.69, 9.17) is 19.4 Å². The summed E-state index contributed by atoms with van der Waals surface area (Å²) in [6.45, 7) is 6.29. The van der Waals surface area contributed by atoms with Gasteiger partial charge in [-0.15, -0.1) is 0 Å². The lowest BCUT2D eigenvalue weighted by Crippen LogP contribution is -2.02. The first-order chi connectivity index (χ1) is 31.6. The largest absolute Gasteiger partial charge is 0.455 e. The molecule has 8 aromatic carbocycles. The Morgan fingerprint density at radius 3 is 1.69 bits per heavy atom. The van der Waals surface area contributed by atoms with Gasteiger partial charge in [0.2, 0.25) is 0 Å². The van der Waals surface area contributed by atoms with E-state index in [1.54, 1.807) is 0 Å². The van der Waals surface area contributed by atoms with Crippen LogP contribution in [0.3, 0.4) is 0 Å². The summed E-state index contributed by atoms with van der Waals surface area (Å²) in [4.78, 5) is 14.9. The van der Waals surface area contributed by atoms with Gasteiger partial charge in [0.15, 0.2) is 17.5 Å². The molecule has 0 unspecified atom stereocenters. The highest BCUT2D eigenvalue weighted by Gasteiger charge is 2.22. The maximum absolute atomic E-state index is 7.02. The number of para-hydroxylation sites is 5. The predicted molar refractivity (Wildman–Crippen MR) is 265 cm³/mol. The van der Waals surface area contributed by atoms with E-state index in [1.165, 1.54) is 27.2 Å². The Morgan fingerprint density at radius 2 is 1.00 bits per heavy atom. The summed E-state index contributed by atoms with van der Waals surface area (Å²) in [7, 11) is 0. The van der Waals surface area contributed by atoms with Crippen molar-refractivity contribution in [3.8, 4) is 45.3 Å². The molecule has 302 valence electrons. The minimum Gasteiger partial charge on any atom is -0.455 e. The van der Waals surface area contributed by atoms with Gasteiger partial charge < -0.3 is 13.6 Å². The third-order valence-electron chi connectivity index (χ3n) is 12.2. The van der Waals surface area contributed by atoms with Gasteiger partial charge in [0.25, 0.3) is 0 Å². The average Bonchev–Trinajstić information content (AvgIpc) is 4.01. The minimum atomic E-state index is 0.503. The highest BCUT2D eigenvalue weighted by molar-refractivity contribution is 6.20. The van der Waals surface area contributed by atoms with E-state index in [0.717, 1.165) is 66.4 Å². The first kappa shape index (κ1) is 37.2. The third-order valence-corrected chi connectivity index (χ3v) is 12.2. The molecule has 0 saturated carbocycles. The molecule has 4 aromatic heterocycles. The molecule has 0 bridgehead atoms.